The van der Waals surface area contributed by atoms with Crippen molar-refractivity contribution >= 4 is 5.97 Å². The highest BCUT2D eigenvalue weighted by Gasteiger charge is 2.36. The quantitative estimate of drug-likeness (QED) is 0.760. The van der Waals surface area contributed by atoms with Crippen molar-refractivity contribution in [1.82, 2.24) is 0 Å². The second-order valence-corrected chi connectivity index (χ2v) is 7.19. The number of hydrogen-bond donors (Lipinski definition) is 1. The predicted octanol–water partition coefficient (Wildman–Crippen LogP) is 2.81. The van der Waals surface area contributed by atoms with Gasteiger partial charge in [0.2, 0.25) is 0 Å². The molecule has 5 atom stereocenters. The van der Waals surface area contributed by atoms with Crippen molar-refractivity contribution in [3.63, 3.8) is 0 Å². The van der Waals surface area contributed by atoms with E-state index in [-0.39, 0.29) is 36.8 Å². The molecule has 0 aromatic heterocycles. The lowest BCUT2D eigenvalue weighted by Crippen LogP contribution is -2.46. The van der Waals surface area contributed by atoms with Crippen LogP contribution in [0.2, 0.25) is 0 Å². The van der Waals surface area contributed by atoms with Crippen molar-refractivity contribution in [3.8, 4) is 0 Å². The van der Waals surface area contributed by atoms with Crippen molar-refractivity contribution < 1.29 is 24.1 Å². The smallest absolute Gasteiger partial charge is 0.330 e. The van der Waals surface area contributed by atoms with Gasteiger partial charge in [0.15, 0.2) is 5.79 Å². The molecule has 0 aliphatic carbocycles. The first kappa shape index (κ1) is 18.4. The maximum atomic E-state index is 11.5. The maximum Gasteiger partial charge on any atom is 0.330 e. The van der Waals surface area contributed by atoms with Gasteiger partial charge in [-0.05, 0) is 39.0 Å². The van der Waals surface area contributed by atoms with Gasteiger partial charge in [-0.15, -0.1) is 0 Å². The third-order valence-electron chi connectivity index (χ3n) is 4.76. The molecule has 0 amide bonds. The summed E-state index contributed by atoms with van der Waals surface area (Å²) in [5, 5.41) is 9.37. The van der Waals surface area contributed by atoms with E-state index in [2.05, 4.69) is 13.8 Å². The Kier molecular flexibility index (Phi) is 6.23. The van der Waals surface area contributed by atoms with E-state index < -0.39 is 5.79 Å². The van der Waals surface area contributed by atoms with Crippen LogP contribution in [0, 0.1) is 11.8 Å². The second kappa shape index (κ2) is 7.77. The zero-order chi connectivity index (χ0) is 17.0. The third-order valence-corrected chi connectivity index (χ3v) is 4.76. The highest BCUT2D eigenvalue weighted by Crippen LogP contribution is 2.32. The molecule has 2 heterocycles. The van der Waals surface area contributed by atoms with Gasteiger partial charge in [-0.25, -0.2) is 4.79 Å². The fourth-order valence-electron chi connectivity index (χ4n) is 3.60. The van der Waals surface area contributed by atoms with Crippen LogP contribution in [0.3, 0.4) is 0 Å². The van der Waals surface area contributed by atoms with Gasteiger partial charge in [0.05, 0.1) is 18.8 Å². The molecule has 2 aliphatic heterocycles. The van der Waals surface area contributed by atoms with Gasteiger partial charge in [-0.2, -0.15) is 0 Å². The van der Waals surface area contributed by atoms with Crippen molar-refractivity contribution in [2.75, 3.05) is 6.61 Å². The number of carbonyl (C=O) groups excluding carboxylic acids is 1. The second-order valence-electron chi connectivity index (χ2n) is 7.19. The Labute approximate surface area is 139 Å². The minimum Gasteiger partial charge on any atom is -0.458 e. The zero-order valence-corrected chi connectivity index (χ0v) is 14.7. The van der Waals surface area contributed by atoms with Gasteiger partial charge in [-0.1, -0.05) is 19.9 Å². The van der Waals surface area contributed by atoms with Crippen LogP contribution >= 0.6 is 0 Å². The van der Waals surface area contributed by atoms with E-state index in [1.54, 1.807) is 0 Å². The summed E-state index contributed by atoms with van der Waals surface area (Å²) >= 11 is 0. The Morgan fingerprint density at radius 1 is 1.35 bits per heavy atom. The van der Waals surface area contributed by atoms with Crippen LogP contribution in [0.25, 0.3) is 0 Å². The van der Waals surface area contributed by atoms with E-state index in [0.717, 1.165) is 19.3 Å². The van der Waals surface area contributed by atoms with Crippen LogP contribution in [-0.2, 0) is 19.0 Å². The summed E-state index contributed by atoms with van der Waals surface area (Å²) in [5.74, 6) is -0.336. The van der Waals surface area contributed by atoms with E-state index in [1.807, 2.05) is 19.9 Å². The van der Waals surface area contributed by atoms with Crippen molar-refractivity contribution in [2.24, 2.45) is 11.8 Å². The van der Waals surface area contributed by atoms with Crippen LogP contribution in [0.5, 0.6) is 0 Å². The number of cyclic esters (lactones) is 1. The predicted molar refractivity (Wildman–Crippen MR) is 86.7 cm³/mol. The highest BCUT2D eigenvalue weighted by molar-refractivity contribution is 5.83. The van der Waals surface area contributed by atoms with E-state index >= 15 is 0 Å². The average Bonchev–Trinajstić information content (AvgIpc) is 2.51. The maximum absolute atomic E-state index is 11.5. The summed E-state index contributed by atoms with van der Waals surface area (Å²) in [4.78, 5) is 11.5. The number of aliphatic hydroxyl groups excluding tert-OH is 1. The van der Waals surface area contributed by atoms with Crippen LogP contribution < -0.4 is 0 Å². The van der Waals surface area contributed by atoms with Gasteiger partial charge in [0.1, 0.15) is 6.10 Å². The molecule has 0 spiro atoms. The molecular formula is C18H30O5. The van der Waals surface area contributed by atoms with Gasteiger partial charge in [0.25, 0.3) is 0 Å². The van der Waals surface area contributed by atoms with Crippen LogP contribution in [-0.4, -0.2) is 41.8 Å². The Hall–Kier alpha value is -0.910. The standard InChI is InChI=1S/C18H30O5/c1-5-13-7-9-16(20)21-17(13)12(2)6-8-14-10-15(11-19)23-18(3,4)22-14/h7,9,12-15,17,19H,5-6,8,10-11H2,1-4H3/t12-,13-,14-,15+,17-/m1/s1. The summed E-state index contributed by atoms with van der Waals surface area (Å²) in [6.07, 6.45) is 6.81. The van der Waals surface area contributed by atoms with Gasteiger partial charge >= 0.3 is 5.97 Å². The molecule has 0 radical (unpaired) electrons. The summed E-state index contributed by atoms with van der Waals surface area (Å²) in [6.45, 7) is 8.03. The molecule has 0 bridgehead atoms. The SMILES string of the molecule is CC[C@@H]1C=CC(=O)O[C@@H]1[C@H](C)CC[C@@H]1C[C@@H](CO)OC(C)(C)O1. The first-order valence-corrected chi connectivity index (χ1v) is 8.70. The molecule has 0 unspecified atom stereocenters. The molecular weight excluding hydrogens is 296 g/mol. The Balaban J connectivity index is 1.89. The first-order valence-electron chi connectivity index (χ1n) is 8.70. The van der Waals surface area contributed by atoms with E-state index in [1.165, 1.54) is 6.08 Å². The average molecular weight is 326 g/mol. The summed E-state index contributed by atoms with van der Waals surface area (Å²) in [5.41, 5.74) is 0. The molecule has 5 nitrogen and oxygen atoms in total. The van der Waals surface area contributed by atoms with E-state index in [4.69, 9.17) is 14.2 Å². The lowest BCUT2D eigenvalue weighted by molar-refractivity contribution is -0.305. The lowest BCUT2D eigenvalue weighted by Gasteiger charge is -2.41. The van der Waals surface area contributed by atoms with E-state index in [9.17, 15) is 9.90 Å². The number of esters is 1. The van der Waals surface area contributed by atoms with Crippen molar-refractivity contribution in [1.29, 1.82) is 0 Å². The van der Waals surface area contributed by atoms with Gasteiger partial charge in [-0.3, -0.25) is 0 Å². The number of carbonyl (C=O) groups is 1. The molecule has 0 saturated carbocycles. The van der Waals surface area contributed by atoms with Gasteiger partial charge < -0.3 is 19.3 Å². The largest absolute Gasteiger partial charge is 0.458 e. The Bertz CT molecular complexity index is 431. The summed E-state index contributed by atoms with van der Waals surface area (Å²) < 4.78 is 17.2. The first-order chi connectivity index (χ1) is 10.8. The molecule has 0 aromatic carbocycles. The fraction of sp³-hybridized carbons (Fsp3) is 0.833. The summed E-state index contributed by atoms with van der Waals surface area (Å²) in [6, 6.07) is 0. The van der Waals surface area contributed by atoms with Crippen LogP contribution in [0.15, 0.2) is 12.2 Å². The van der Waals surface area contributed by atoms with Crippen LogP contribution in [0.1, 0.15) is 53.4 Å². The molecule has 132 valence electrons. The zero-order valence-electron chi connectivity index (χ0n) is 14.7. The third kappa shape index (κ3) is 5.03. The van der Waals surface area contributed by atoms with Crippen LogP contribution in [0.4, 0.5) is 0 Å². The topological polar surface area (TPSA) is 65.0 Å². The van der Waals surface area contributed by atoms with Crippen molar-refractivity contribution in [3.05, 3.63) is 12.2 Å². The number of ether oxygens (including phenoxy) is 3. The molecule has 0 aromatic rings. The minimum atomic E-state index is -0.661. The van der Waals surface area contributed by atoms with E-state index in [0.29, 0.717) is 12.3 Å². The molecule has 23 heavy (non-hydrogen) atoms. The van der Waals surface area contributed by atoms with Crippen molar-refractivity contribution in [2.45, 2.75) is 77.5 Å². The molecule has 1 N–H and O–H groups in total. The minimum absolute atomic E-state index is 0.0157. The monoisotopic (exact) mass is 326 g/mol. The highest BCUT2D eigenvalue weighted by atomic mass is 16.7. The lowest BCUT2D eigenvalue weighted by atomic mass is 9.85. The fourth-order valence-corrected chi connectivity index (χ4v) is 3.60. The molecule has 5 heteroatoms. The normalized spacial score (nSPS) is 34.9. The molecule has 1 saturated heterocycles. The molecule has 2 aliphatic rings. The number of hydrogen-bond acceptors (Lipinski definition) is 5. The molecule has 2 rings (SSSR count). The Morgan fingerprint density at radius 3 is 2.70 bits per heavy atom. The molecule has 1 fully saturated rings. The Morgan fingerprint density at radius 2 is 2.04 bits per heavy atom. The summed E-state index contributed by atoms with van der Waals surface area (Å²) in [7, 11) is 0. The van der Waals surface area contributed by atoms with Gasteiger partial charge in [0, 0.05) is 18.4 Å². The number of rotatable bonds is 6. The number of aliphatic hydroxyl groups is 1.